The molecule has 0 unspecified atom stereocenters. The number of hydrogen-bond donors (Lipinski definition) is 1. The summed E-state index contributed by atoms with van der Waals surface area (Å²) >= 11 is 0. The molecule has 0 aromatic heterocycles. The number of rotatable bonds is 4. The van der Waals surface area contributed by atoms with E-state index in [1.54, 1.807) is 12.0 Å². The van der Waals surface area contributed by atoms with E-state index in [1.807, 2.05) is 29.2 Å². The number of hydrogen-bond acceptors (Lipinski definition) is 5. The highest BCUT2D eigenvalue weighted by molar-refractivity contribution is 5.87. The number of carbonyl (C=O) groups excluding carboxylic acids is 2. The van der Waals surface area contributed by atoms with Crippen molar-refractivity contribution in [3.8, 4) is 5.75 Å². The number of amides is 2. The molecule has 1 aromatic rings. The third-order valence-electron chi connectivity index (χ3n) is 5.22. The van der Waals surface area contributed by atoms with E-state index < -0.39 is 5.54 Å². The van der Waals surface area contributed by atoms with Crippen molar-refractivity contribution in [2.45, 2.75) is 24.8 Å². The maximum atomic E-state index is 12.7. The molecule has 8 heteroatoms. The van der Waals surface area contributed by atoms with Gasteiger partial charge in [-0.3, -0.25) is 9.59 Å². The molecule has 1 aromatic carbocycles. The molecule has 7 nitrogen and oxygen atoms in total. The van der Waals surface area contributed by atoms with Gasteiger partial charge < -0.3 is 25.0 Å². The van der Waals surface area contributed by atoms with Crippen molar-refractivity contribution in [2.24, 2.45) is 5.73 Å². The highest BCUT2D eigenvalue weighted by atomic mass is 35.5. The van der Waals surface area contributed by atoms with Crippen LogP contribution in [0.15, 0.2) is 24.3 Å². The van der Waals surface area contributed by atoms with Gasteiger partial charge in [0.1, 0.15) is 5.75 Å². The largest absolute Gasteiger partial charge is 0.497 e. The van der Waals surface area contributed by atoms with Crippen LogP contribution in [-0.4, -0.2) is 73.7 Å². The number of methoxy groups -OCH3 is 1. The van der Waals surface area contributed by atoms with Gasteiger partial charge in [-0.2, -0.15) is 0 Å². The molecule has 0 atom stereocenters. The highest BCUT2D eigenvalue weighted by Crippen LogP contribution is 2.21. The predicted octanol–water partition coefficient (Wildman–Crippen LogP) is 0.838. The Morgan fingerprint density at radius 2 is 1.78 bits per heavy atom. The summed E-state index contributed by atoms with van der Waals surface area (Å²) in [6, 6.07) is 7.54. The van der Waals surface area contributed by atoms with Crippen LogP contribution in [0.4, 0.5) is 0 Å². The summed E-state index contributed by atoms with van der Waals surface area (Å²) in [5, 5.41) is 0. The van der Waals surface area contributed by atoms with Crippen LogP contribution in [0.3, 0.4) is 0 Å². The summed E-state index contributed by atoms with van der Waals surface area (Å²) in [5.74, 6) is 0.801. The van der Waals surface area contributed by atoms with Crippen LogP contribution in [-0.2, 0) is 20.7 Å². The molecule has 3 rings (SSSR count). The van der Waals surface area contributed by atoms with Crippen LogP contribution < -0.4 is 10.5 Å². The normalized spacial score (nSPS) is 19.2. The SMILES string of the molecule is COc1cccc(CC(=O)N2CCN(C(=O)C3(N)CCOCC3)CC2)c1.Cl. The molecule has 2 amide bonds. The number of benzene rings is 1. The first-order valence-corrected chi connectivity index (χ1v) is 9.08. The first-order valence-electron chi connectivity index (χ1n) is 9.08. The molecular weight excluding hydrogens is 370 g/mol. The van der Waals surface area contributed by atoms with E-state index in [9.17, 15) is 9.59 Å². The second-order valence-corrected chi connectivity index (χ2v) is 6.97. The first kappa shape index (κ1) is 21.5. The molecule has 0 bridgehead atoms. The van der Waals surface area contributed by atoms with E-state index in [4.69, 9.17) is 15.2 Å². The number of nitrogens with two attached hydrogens (primary N) is 1. The topological polar surface area (TPSA) is 85.1 Å². The second kappa shape index (κ2) is 9.39. The van der Waals surface area contributed by atoms with Crippen molar-refractivity contribution in [1.82, 2.24) is 9.80 Å². The Labute approximate surface area is 166 Å². The lowest BCUT2D eigenvalue weighted by atomic mass is 9.89. The molecule has 0 spiro atoms. The summed E-state index contributed by atoms with van der Waals surface area (Å²) in [6.45, 7) is 3.20. The zero-order valence-corrected chi connectivity index (χ0v) is 16.5. The lowest BCUT2D eigenvalue weighted by Gasteiger charge is -2.41. The average molecular weight is 398 g/mol. The van der Waals surface area contributed by atoms with Crippen LogP contribution >= 0.6 is 12.4 Å². The molecule has 2 fully saturated rings. The zero-order chi connectivity index (χ0) is 18.6. The van der Waals surface area contributed by atoms with Crippen LogP contribution in [0.1, 0.15) is 18.4 Å². The molecule has 0 radical (unpaired) electrons. The van der Waals surface area contributed by atoms with Gasteiger partial charge in [-0.15, -0.1) is 12.4 Å². The van der Waals surface area contributed by atoms with Gasteiger partial charge in [0.25, 0.3) is 0 Å². The molecule has 0 aliphatic carbocycles. The number of nitrogens with zero attached hydrogens (tertiary/aromatic N) is 2. The summed E-state index contributed by atoms with van der Waals surface area (Å²) in [7, 11) is 1.61. The van der Waals surface area contributed by atoms with Crippen molar-refractivity contribution in [3.63, 3.8) is 0 Å². The predicted molar refractivity (Wildman–Crippen MR) is 104 cm³/mol. The van der Waals surface area contributed by atoms with Gasteiger partial charge >= 0.3 is 0 Å². The summed E-state index contributed by atoms with van der Waals surface area (Å²) in [5.41, 5.74) is 6.41. The number of carbonyl (C=O) groups is 2. The minimum atomic E-state index is -0.814. The first-order chi connectivity index (χ1) is 12.5. The van der Waals surface area contributed by atoms with Crippen LogP contribution in [0.2, 0.25) is 0 Å². The van der Waals surface area contributed by atoms with Crippen molar-refractivity contribution in [1.29, 1.82) is 0 Å². The Bertz CT molecular complexity index is 656. The molecule has 2 N–H and O–H groups in total. The van der Waals surface area contributed by atoms with Crippen molar-refractivity contribution < 1.29 is 19.1 Å². The van der Waals surface area contributed by atoms with Gasteiger partial charge in [-0.1, -0.05) is 12.1 Å². The zero-order valence-electron chi connectivity index (χ0n) is 15.7. The van der Waals surface area contributed by atoms with Gasteiger partial charge in [-0.05, 0) is 30.5 Å². The van der Waals surface area contributed by atoms with Crippen LogP contribution in [0.25, 0.3) is 0 Å². The molecule has 2 heterocycles. The number of piperazine rings is 1. The van der Waals surface area contributed by atoms with E-state index in [2.05, 4.69) is 0 Å². The van der Waals surface area contributed by atoms with E-state index in [0.29, 0.717) is 58.7 Å². The maximum Gasteiger partial charge on any atom is 0.242 e. The standard InChI is InChI=1S/C19H27N3O4.ClH/c1-25-16-4-2-3-15(13-16)14-17(23)21-7-9-22(10-8-21)18(24)19(20)5-11-26-12-6-19;/h2-4,13H,5-12,14,20H2,1H3;1H. The molecule has 150 valence electrons. The fraction of sp³-hybridized carbons (Fsp3) is 0.579. The molecule has 2 aliphatic heterocycles. The van der Waals surface area contributed by atoms with Gasteiger partial charge in [0.15, 0.2) is 0 Å². The average Bonchev–Trinajstić information content (AvgIpc) is 2.68. The third kappa shape index (κ3) is 5.12. The molecule has 2 saturated heterocycles. The minimum Gasteiger partial charge on any atom is -0.497 e. The van der Waals surface area contributed by atoms with Crippen LogP contribution in [0.5, 0.6) is 5.75 Å². The highest BCUT2D eigenvalue weighted by Gasteiger charge is 2.40. The monoisotopic (exact) mass is 397 g/mol. The summed E-state index contributed by atoms with van der Waals surface area (Å²) in [6.07, 6.45) is 1.45. The quantitative estimate of drug-likeness (QED) is 0.813. The second-order valence-electron chi connectivity index (χ2n) is 6.97. The Kier molecular flexibility index (Phi) is 7.47. The van der Waals surface area contributed by atoms with Crippen LogP contribution in [0, 0.1) is 0 Å². The van der Waals surface area contributed by atoms with E-state index in [-0.39, 0.29) is 24.2 Å². The van der Waals surface area contributed by atoms with E-state index in [1.165, 1.54) is 0 Å². The third-order valence-corrected chi connectivity index (χ3v) is 5.22. The molecule has 0 saturated carbocycles. The molecular formula is C19H28ClN3O4. The number of ether oxygens (including phenoxy) is 2. The summed E-state index contributed by atoms with van der Waals surface area (Å²) < 4.78 is 10.5. The Morgan fingerprint density at radius 1 is 1.15 bits per heavy atom. The van der Waals surface area contributed by atoms with Gasteiger partial charge in [-0.25, -0.2) is 0 Å². The maximum absolute atomic E-state index is 12.7. The molecule has 2 aliphatic rings. The van der Waals surface area contributed by atoms with E-state index >= 15 is 0 Å². The Morgan fingerprint density at radius 3 is 2.41 bits per heavy atom. The lowest BCUT2D eigenvalue weighted by molar-refractivity contribution is -0.145. The van der Waals surface area contributed by atoms with Crippen molar-refractivity contribution in [3.05, 3.63) is 29.8 Å². The fourth-order valence-electron chi connectivity index (χ4n) is 3.49. The molecule has 27 heavy (non-hydrogen) atoms. The Hall–Kier alpha value is -1.83. The minimum absolute atomic E-state index is 0. The van der Waals surface area contributed by atoms with E-state index in [0.717, 1.165) is 11.3 Å². The van der Waals surface area contributed by atoms with Gasteiger partial charge in [0.2, 0.25) is 11.8 Å². The fourth-order valence-corrected chi connectivity index (χ4v) is 3.49. The van der Waals surface area contributed by atoms with Gasteiger partial charge in [0.05, 0.1) is 19.1 Å². The number of halogens is 1. The smallest absolute Gasteiger partial charge is 0.242 e. The van der Waals surface area contributed by atoms with Crippen molar-refractivity contribution >= 4 is 24.2 Å². The van der Waals surface area contributed by atoms with Gasteiger partial charge in [0, 0.05) is 39.4 Å². The Balaban J connectivity index is 0.00000261. The lowest BCUT2D eigenvalue weighted by Crippen LogP contribution is -2.61. The summed E-state index contributed by atoms with van der Waals surface area (Å²) in [4.78, 5) is 28.9. The van der Waals surface area contributed by atoms with Crippen molar-refractivity contribution in [2.75, 3.05) is 46.5 Å².